The van der Waals surface area contributed by atoms with Crippen LogP contribution in [0, 0.1) is 18.8 Å². The highest BCUT2D eigenvalue weighted by molar-refractivity contribution is 5.89. The number of rotatable bonds is 7. The van der Waals surface area contributed by atoms with Crippen LogP contribution in [0.25, 0.3) is 0 Å². The van der Waals surface area contributed by atoms with Crippen LogP contribution >= 0.6 is 0 Å². The van der Waals surface area contributed by atoms with Gasteiger partial charge < -0.3 is 20.3 Å². The Bertz CT molecular complexity index is 569. The number of amides is 2. The van der Waals surface area contributed by atoms with Gasteiger partial charge in [0.2, 0.25) is 0 Å². The molecule has 2 amide bonds. The largest absolute Gasteiger partial charge is 0.378 e. The molecule has 2 N–H and O–H groups in total. The average molecular weight is 360 g/mol. The van der Waals surface area contributed by atoms with Crippen LogP contribution in [0.2, 0.25) is 0 Å². The van der Waals surface area contributed by atoms with Crippen LogP contribution in [0.3, 0.4) is 0 Å². The van der Waals surface area contributed by atoms with Crippen molar-refractivity contribution >= 4 is 11.7 Å². The Labute approximate surface area is 157 Å². The number of carbonyl (C=O) groups is 1. The average Bonchev–Trinajstić information content (AvgIpc) is 2.61. The van der Waals surface area contributed by atoms with Crippen molar-refractivity contribution in [3.63, 3.8) is 0 Å². The van der Waals surface area contributed by atoms with Gasteiger partial charge in [0.15, 0.2) is 0 Å². The summed E-state index contributed by atoms with van der Waals surface area (Å²) >= 11 is 0. The number of ether oxygens (including phenoxy) is 1. The van der Waals surface area contributed by atoms with Gasteiger partial charge in [-0.25, -0.2) is 4.79 Å². The van der Waals surface area contributed by atoms with Gasteiger partial charge in [-0.15, -0.1) is 0 Å². The van der Waals surface area contributed by atoms with Crippen LogP contribution in [0.5, 0.6) is 0 Å². The highest BCUT2D eigenvalue weighted by Crippen LogP contribution is 2.31. The summed E-state index contributed by atoms with van der Waals surface area (Å²) in [7, 11) is 0. The van der Waals surface area contributed by atoms with Crippen LogP contribution in [0.1, 0.15) is 38.2 Å². The Kier molecular flexibility index (Phi) is 6.92. The molecule has 1 atom stereocenters. The van der Waals surface area contributed by atoms with Crippen molar-refractivity contribution in [1.82, 2.24) is 10.2 Å². The first kappa shape index (κ1) is 19.2. The standard InChI is InChI=1S/C21H33N3O2/c1-3-26-20-11-18(12-20)15-24-10-4-5-17(14-24)13-22-21(25)23-19-8-6-16(2)7-9-19/h6-9,17-18,20H,3-5,10-15H2,1-2H3,(H2,22,23,25)/t17-,18?,20?/m0/s1. The van der Waals surface area contributed by atoms with E-state index in [0.717, 1.165) is 31.3 Å². The zero-order valence-corrected chi connectivity index (χ0v) is 16.2. The first-order valence-corrected chi connectivity index (χ1v) is 10.1. The summed E-state index contributed by atoms with van der Waals surface area (Å²) in [6, 6.07) is 7.78. The van der Waals surface area contributed by atoms with E-state index in [1.165, 1.54) is 44.3 Å². The number of benzene rings is 1. The number of likely N-dealkylation sites (tertiary alicyclic amines) is 1. The number of urea groups is 1. The fourth-order valence-corrected chi connectivity index (χ4v) is 4.09. The normalized spacial score (nSPS) is 26.2. The van der Waals surface area contributed by atoms with Crippen molar-refractivity contribution in [3.05, 3.63) is 29.8 Å². The fraction of sp³-hybridized carbons (Fsp3) is 0.667. The lowest BCUT2D eigenvalue weighted by atomic mass is 9.81. The number of hydrogen-bond donors (Lipinski definition) is 2. The highest BCUT2D eigenvalue weighted by Gasteiger charge is 2.32. The van der Waals surface area contributed by atoms with Crippen LogP contribution in [-0.2, 0) is 4.74 Å². The molecule has 0 unspecified atom stereocenters. The molecule has 1 aromatic rings. The van der Waals surface area contributed by atoms with Gasteiger partial charge in [0.25, 0.3) is 0 Å². The molecule has 1 saturated heterocycles. The third-order valence-corrected chi connectivity index (χ3v) is 5.58. The lowest BCUT2D eigenvalue weighted by molar-refractivity contribution is -0.0364. The van der Waals surface area contributed by atoms with Gasteiger partial charge in [-0.1, -0.05) is 17.7 Å². The van der Waals surface area contributed by atoms with Gasteiger partial charge in [-0.3, -0.25) is 0 Å². The van der Waals surface area contributed by atoms with Crippen LogP contribution in [0.4, 0.5) is 10.5 Å². The molecule has 26 heavy (non-hydrogen) atoms. The fourth-order valence-electron chi connectivity index (χ4n) is 4.09. The number of piperidine rings is 1. The monoisotopic (exact) mass is 359 g/mol. The van der Waals surface area contributed by atoms with E-state index in [2.05, 4.69) is 22.5 Å². The molecule has 0 spiro atoms. The molecule has 2 aliphatic rings. The van der Waals surface area contributed by atoms with Gasteiger partial charge in [-0.05, 0) is 70.0 Å². The molecule has 2 fully saturated rings. The smallest absolute Gasteiger partial charge is 0.319 e. The Balaban J connectivity index is 1.34. The molecule has 0 radical (unpaired) electrons. The molecular weight excluding hydrogens is 326 g/mol. The molecule has 1 aromatic carbocycles. The van der Waals surface area contributed by atoms with Crippen LogP contribution in [-0.4, -0.2) is 49.8 Å². The van der Waals surface area contributed by atoms with Crippen molar-refractivity contribution in [3.8, 4) is 0 Å². The summed E-state index contributed by atoms with van der Waals surface area (Å²) in [5.74, 6) is 1.35. The number of hydrogen-bond acceptors (Lipinski definition) is 3. The summed E-state index contributed by atoms with van der Waals surface area (Å²) in [6.45, 7) is 9.18. The molecule has 5 heteroatoms. The molecule has 0 aromatic heterocycles. The molecule has 0 bridgehead atoms. The van der Waals surface area contributed by atoms with E-state index in [1.807, 2.05) is 31.2 Å². The Hall–Kier alpha value is -1.59. The zero-order valence-electron chi connectivity index (χ0n) is 16.2. The van der Waals surface area contributed by atoms with E-state index >= 15 is 0 Å². The molecule has 1 aliphatic carbocycles. The maximum atomic E-state index is 12.1. The number of carbonyl (C=O) groups excluding carboxylic acids is 1. The SMILES string of the molecule is CCOC1CC(CN2CCC[C@@H](CNC(=O)Nc3ccc(C)cc3)C2)C1. The summed E-state index contributed by atoms with van der Waals surface area (Å²) in [5, 5.41) is 5.95. The van der Waals surface area contributed by atoms with E-state index in [-0.39, 0.29) is 6.03 Å². The van der Waals surface area contributed by atoms with E-state index in [9.17, 15) is 4.79 Å². The minimum absolute atomic E-state index is 0.107. The summed E-state index contributed by atoms with van der Waals surface area (Å²) in [5.41, 5.74) is 2.03. The zero-order chi connectivity index (χ0) is 18.4. The first-order chi connectivity index (χ1) is 12.6. The van der Waals surface area contributed by atoms with Gasteiger partial charge in [0.05, 0.1) is 6.10 Å². The Morgan fingerprint density at radius 1 is 1.23 bits per heavy atom. The second-order valence-electron chi connectivity index (χ2n) is 7.88. The van der Waals surface area contributed by atoms with Gasteiger partial charge >= 0.3 is 6.03 Å². The van der Waals surface area contributed by atoms with Crippen molar-refractivity contribution < 1.29 is 9.53 Å². The molecule has 1 aliphatic heterocycles. The number of nitrogens with one attached hydrogen (secondary N) is 2. The number of aryl methyl sites for hydroxylation is 1. The predicted molar refractivity (Wildman–Crippen MR) is 106 cm³/mol. The molecule has 1 saturated carbocycles. The van der Waals surface area contributed by atoms with E-state index in [0.29, 0.717) is 12.0 Å². The molecule has 144 valence electrons. The van der Waals surface area contributed by atoms with Crippen molar-refractivity contribution in [2.75, 3.05) is 38.1 Å². The van der Waals surface area contributed by atoms with Crippen molar-refractivity contribution in [2.24, 2.45) is 11.8 Å². The molecule has 3 rings (SSSR count). The van der Waals surface area contributed by atoms with Gasteiger partial charge in [0.1, 0.15) is 0 Å². The van der Waals surface area contributed by atoms with Crippen LogP contribution < -0.4 is 10.6 Å². The first-order valence-electron chi connectivity index (χ1n) is 10.1. The van der Waals surface area contributed by atoms with E-state index in [4.69, 9.17) is 4.74 Å². The summed E-state index contributed by atoms with van der Waals surface area (Å²) in [4.78, 5) is 14.7. The van der Waals surface area contributed by atoms with Crippen molar-refractivity contribution in [1.29, 1.82) is 0 Å². The third kappa shape index (κ3) is 5.71. The maximum Gasteiger partial charge on any atom is 0.319 e. The molecule has 5 nitrogen and oxygen atoms in total. The molecular formula is C21H33N3O2. The van der Waals surface area contributed by atoms with E-state index < -0.39 is 0 Å². The summed E-state index contributed by atoms with van der Waals surface area (Å²) < 4.78 is 5.67. The van der Waals surface area contributed by atoms with Crippen molar-refractivity contribution in [2.45, 2.75) is 45.6 Å². The predicted octanol–water partition coefficient (Wildman–Crippen LogP) is 3.64. The second-order valence-corrected chi connectivity index (χ2v) is 7.88. The topological polar surface area (TPSA) is 53.6 Å². The second kappa shape index (κ2) is 9.38. The number of anilines is 1. The molecule has 1 heterocycles. The van der Waals surface area contributed by atoms with Gasteiger partial charge in [0, 0.05) is 31.9 Å². The Morgan fingerprint density at radius 3 is 2.73 bits per heavy atom. The minimum Gasteiger partial charge on any atom is -0.378 e. The van der Waals surface area contributed by atoms with E-state index in [1.54, 1.807) is 0 Å². The Morgan fingerprint density at radius 2 is 2.00 bits per heavy atom. The van der Waals surface area contributed by atoms with Crippen LogP contribution in [0.15, 0.2) is 24.3 Å². The lowest BCUT2D eigenvalue weighted by Gasteiger charge is -2.41. The quantitative estimate of drug-likeness (QED) is 0.781. The summed E-state index contributed by atoms with van der Waals surface area (Å²) in [6.07, 6.45) is 5.36. The lowest BCUT2D eigenvalue weighted by Crippen LogP contribution is -2.46. The number of nitrogens with zero attached hydrogens (tertiary/aromatic N) is 1. The highest BCUT2D eigenvalue weighted by atomic mass is 16.5. The maximum absolute atomic E-state index is 12.1. The third-order valence-electron chi connectivity index (χ3n) is 5.58. The minimum atomic E-state index is -0.107. The van der Waals surface area contributed by atoms with Gasteiger partial charge in [-0.2, -0.15) is 0 Å².